The predicted octanol–water partition coefficient (Wildman–Crippen LogP) is 6.94. The Kier molecular flexibility index (Phi) is 6.51. The Morgan fingerprint density at radius 2 is 1.89 bits per heavy atom. The molecule has 1 N–H and O–H groups in total. The van der Waals surface area contributed by atoms with Crippen LogP contribution in [0.3, 0.4) is 0 Å². The quantitative estimate of drug-likeness (QED) is 0.315. The van der Waals surface area contributed by atoms with Crippen LogP contribution in [-0.2, 0) is 25.9 Å². The first-order chi connectivity index (χ1) is 18.1. The number of carbonyl (C=O) groups excluding carboxylic acids is 1. The summed E-state index contributed by atoms with van der Waals surface area (Å²) in [5.74, 6) is 0.828. The summed E-state index contributed by atoms with van der Waals surface area (Å²) in [5.41, 5.74) is 7.25. The Labute approximate surface area is 222 Å². The Balaban J connectivity index is 1.43. The summed E-state index contributed by atoms with van der Waals surface area (Å²) in [6.45, 7) is 5.77. The highest BCUT2D eigenvalue weighted by Crippen LogP contribution is 2.44. The van der Waals surface area contributed by atoms with Gasteiger partial charge < -0.3 is 19.5 Å². The molecule has 0 radical (unpaired) electrons. The topological polar surface area (TPSA) is 46.5 Å². The van der Waals surface area contributed by atoms with Crippen molar-refractivity contribution in [2.45, 2.75) is 58.7 Å². The molecule has 190 valence electrons. The summed E-state index contributed by atoms with van der Waals surface area (Å²) in [6, 6.07) is 20.5. The fraction of sp³-hybridized carbons (Fsp3) is 0.323. The first-order valence-corrected chi connectivity index (χ1v) is 14.1. The van der Waals surface area contributed by atoms with Crippen molar-refractivity contribution in [2.75, 3.05) is 6.61 Å². The Morgan fingerprint density at radius 1 is 1.05 bits per heavy atom. The first kappa shape index (κ1) is 23.9. The molecule has 6 heteroatoms. The molecule has 6 rings (SSSR count). The van der Waals surface area contributed by atoms with Crippen LogP contribution in [0.25, 0.3) is 5.00 Å². The first-order valence-electron chi connectivity index (χ1n) is 13.3. The van der Waals surface area contributed by atoms with Crippen LogP contribution >= 0.6 is 11.3 Å². The molecule has 4 aromatic rings. The van der Waals surface area contributed by atoms with Crippen molar-refractivity contribution in [3.8, 4) is 10.8 Å². The second kappa shape index (κ2) is 10.1. The van der Waals surface area contributed by atoms with Gasteiger partial charge in [0.15, 0.2) is 0 Å². The van der Waals surface area contributed by atoms with E-state index in [1.165, 1.54) is 39.4 Å². The molecule has 0 fully saturated rings. The molecule has 2 aromatic carbocycles. The molecule has 0 saturated carbocycles. The molecule has 0 spiro atoms. The van der Waals surface area contributed by atoms with Crippen LogP contribution < -0.4 is 10.1 Å². The molecule has 0 saturated heterocycles. The summed E-state index contributed by atoms with van der Waals surface area (Å²) in [4.78, 5) is 17.5. The van der Waals surface area contributed by atoms with Crippen LogP contribution in [0.15, 0.2) is 66.9 Å². The lowest BCUT2D eigenvalue weighted by Gasteiger charge is -2.31. The van der Waals surface area contributed by atoms with Gasteiger partial charge in [0.1, 0.15) is 10.8 Å². The molecule has 2 aliphatic rings. The zero-order chi connectivity index (χ0) is 25.4. The average molecular weight is 512 g/mol. The van der Waals surface area contributed by atoms with E-state index >= 15 is 0 Å². The van der Waals surface area contributed by atoms with Crippen LogP contribution in [-0.4, -0.2) is 22.1 Å². The minimum absolute atomic E-state index is 0.0521. The van der Waals surface area contributed by atoms with Crippen molar-refractivity contribution in [1.82, 2.24) is 14.8 Å². The second-order valence-corrected chi connectivity index (χ2v) is 11.1. The van der Waals surface area contributed by atoms with E-state index in [4.69, 9.17) is 4.74 Å². The summed E-state index contributed by atoms with van der Waals surface area (Å²) < 4.78 is 8.17. The molecule has 2 amide bonds. The number of hydrogen-bond donors (Lipinski definition) is 1. The van der Waals surface area contributed by atoms with Gasteiger partial charge in [0, 0.05) is 23.2 Å². The lowest BCUT2D eigenvalue weighted by molar-refractivity contribution is 0.180. The van der Waals surface area contributed by atoms with E-state index in [1.807, 2.05) is 35.3 Å². The van der Waals surface area contributed by atoms with Crippen molar-refractivity contribution >= 4 is 17.4 Å². The number of amides is 2. The molecule has 2 aromatic heterocycles. The number of ether oxygens (including phenoxy) is 1. The van der Waals surface area contributed by atoms with Gasteiger partial charge in [-0.05, 0) is 80.5 Å². The van der Waals surface area contributed by atoms with Crippen molar-refractivity contribution in [2.24, 2.45) is 0 Å². The number of nitrogens with zero attached hydrogens (tertiary/aromatic N) is 2. The van der Waals surface area contributed by atoms with Gasteiger partial charge in [-0.1, -0.05) is 42.0 Å². The third-order valence-electron chi connectivity index (χ3n) is 7.49. The lowest BCUT2D eigenvalue weighted by Crippen LogP contribution is -2.41. The zero-order valence-electron chi connectivity index (χ0n) is 21.5. The highest BCUT2D eigenvalue weighted by molar-refractivity contribution is 7.15. The largest absolute Gasteiger partial charge is 0.494 e. The van der Waals surface area contributed by atoms with Gasteiger partial charge in [-0.15, -0.1) is 11.3 Å². The normalized spacial score (nSPS) is 16.4. The molecular formula is C31H33N3O2S. The van der Waals surface area contributed by atoms with Crippen LogP contribution in [0.2, 0.25) is 0 Å². The molecule has 1 aliphatic carbocycles. The smallest absolute Gasteiger partial charge is 0.318 e. The van der Waals surface area contributed by atoms with Crippen LogP contribution in [0.4, 0.5) is 4.79 Å². The lowest BCUT2D eigenvalue weighted by atomic mass is 9.95. The standard InChI is InChI=1S/C31H33N3O2S/c1-3-36-24-9-6-8-23(18-24)29-27-11-7-17-33(27)30-26(25-10-4-5-12-28(25)37-30)20-34(29)31(35)32-19-22-15-13-21(2)14-16-22/h6-9,11,13-18,29H,3-5,10,12,19-20H2,1-2H3,(H,32,35)/t29-/m0/s1. The zero-order valence-corrected chi connectivity index (χ0v) is 22.3. The molecule has 0 bridgehead atoms. The van der Waals surface area contributed by atoms with Gasteiger partial charge in [0.2, 0.25) is 0 Å². The number of aromatic nitrogens is 1. The van der Waals surface area contributed by atoms with Crippen molar-refractivity contribution in [1.29, 1.82) is 0 Å². The highest BCUT2D eigenvalue weighted by Gasteiger charge is 2.36. The molecular weight excluding hydrogens is 478 g/mol. The van der Waals surface area contributed by atoms with E-state index in [0.717, 1.165) is 35.4 Å². The van der Waals surface area contributed by atoms with Gasteiger partial charge in [-0.2, -0.15) is 0 Å². The number of carbonyl (C=O) groups is 1. The van der Waals surface area contributed by atoms with Gasteiger partial charge >= 0.3 is 6.03 Å². The van der Waals surface area contributed by atoms with Crippen LogP contribution in [0, 0.1) is 6.92 Å². The van der Waals surface area contributed by atoms with Crippen molar-refractivity contribution < 1.29 is 9.53 Å². The number of fused-ring (bicyclic) bond motifs is 5. The minimum Gasteiger partial charge on any atom is -0.494 e. The van der Waals surface area contributed by atoms with E-state index in [-0.39, 0.29) is 12.1 Å². The third kappa shape index (κ3) is 4.55. The summed E-state index contributed by atoms with van der Waals surface area (Å²) >= 11 is 1.91. The number of urea groups is 1. The van der Waals surface area contributed by atoms with Gasteiger partial charge in [-0.25, -0.2) is 4.79 Å². The number of nitrogens with one attached hydrogen (secondary N) is 1. The molecule has 37 heavy (non-hydrogen) atoms. The fourth-order valence-corrected chi connectivity index (χ4v) is 7.07. The molecule has 5 nitrogen and oxygen atoms in total. The van der Waals surface area contributed by atoms with Gasteiger partial charge in [-0.3, -0.25) is 0 Å². The number of benzene rings is 2. The van der Waals surface area contributed by atoms with Crippen molar-refractivity contribution in [3.05, 3.63) is 105 Å². The van der Waals surface area contributed by atoms with Crippen molar-refractivity contribution in [3.63, 3.8) is 0 Å². The van der Waals surface area contributed by atoms with E-state index in [2.05, 4.69) is 71.5 Å². The summed E-state index contributed by atoms with van der Waals surface area (Å²) in [6.07, 6.45) is 6.86. The number of rotatable bonds is 5. The second-order valence-electron chi connectivity index (χ2n) is 9.98. The van der Waals surface area contributed by atoms with Gasteiger partial charge in [0.05, 0.1) is 24.9 Å². The fourth-order valence-electron chi connectivity index (χ4n) is 5.66. The van der Waals surface area contributed by atoms with E-state index in [1.54, 1.807) is 0 Å². The van der Waals surface area contributed by atoms with Gasteiger partial charge in [0.25, 0.3) is 0 Å². The van der Waals surface area contributed by atoms with Crippen LogP contribution in [0.5, 0.6) is 5.75 Å². The maximum atomic E-state index is 14.0. The summed E-state index contributed by atoms with van der Waals surface area (Å²) in [5, 5.41) is 4.50. The Morgan fingerprint density at radius 3 is 2.73 bits per heavy atom. The van der Waals surface area contributed by atoms with E-state index < -0.39 is 0 Å². The third-order valence-corrected chi connectivity index (χ3v) is 8.82. The van der Waals surface area contributed by atoms with E-state index in [0.29, 0.717) is 19.7 Å². The molecule has 1 aliphatic heterocycles. The maximum Gasteiger partial charge on any atom is 0.318 e. The molecule has 3 heterocycles. The Hall–Kier alpha value is -3.51. The monoisotopic (exact) mass is 511 g/mol. The number of aryl methyl sites for hydroxylation is 2. The average Bonchev–Trinajstić information content (AvgIpc) is 3.50. The maximum absolute atomic E-state index is 14.0. The summed E-state index contributed by atoms with van der Waals surface area (Å²) in [7, 11) is 0. The molecule has 0 unspecified atom stereocenters. The molecule has 1 atom stereocenters. The SMILES string of the molecule is CCOc1cccc([C@H]2c3cccn3-c3sc4c(c3CN2C(=O)NCc2ccc(C)cc2)CCCC4)c1. The Bertz CT molecular complexity index is 1420. The van der Waals surface area contributed by atoms with Crippen LogP contribution in [0.1, 0.15) is 64.2 Å². The number of thiophene rings is 1. The van der Waals surface area contributed by atoms with E-state index in [9.17, 15) is 4.79 Å². The predicted molar refractivity (Wildman–Crippen MR) is 149 cm³/mol. The highest BCUT2D eigenvalue weighted by atomic mass is 32.1. The number of hydrogen-bond acceptors (Lipinski definition) is 3. The minimum atomic E-state index is -0.229.